The molecule has 0 aliphatic heterocycles. The van der Waals surface area contributed by atoms with Gasteiger partial charge in [-0.05, 0) is 29.5 Å². The molecular formula is C8H11N2O3S2+. The molecule has 0 amide bonds. The SMILES string of the molecule is NC(=[NH2+])SCc1ccc(S(=O)(=O)O)cc1. The molecule has 82 valence electrons. The van der Waals surface area contributed by atoms with Crippen molar-refractivity contribution < 1.29 is 18.4 Å². The van der Waals surface area contributed by atoms with Crippen LogP contribution in [0.5, 0.6) is 0 Å². The first-order chi connectivity index (χ1) is 6.89. The van der Waals surface area contributed by atoms with Crippen LogP contribution in [0.15, 0.2) is 29.2 Å². The number of amidine groups is 1. The Kier molecular flexibility index (Phi) is 3.72. The van der Waals surface area contributed by atoms with Crippen molar-refractivity contribution in [3.05, 3.63) is 29.8 Å². The summed E-state index contributed by atoms with van der Waals surface area (Å²) >= 11 is 1.26. The highest BCUT2D eigenvalue weighted by Gasteiger charge is 2.08. The minimum Gasteiger partial charge on any atom is -0.282 e. The second-order valence-corrected chi connectivity index (χ2v) is 5.28. The number of benzene rings is 1. The van der Waals surface area contributed by atoms with E-state index in [1.54, 1.807) is 12.1 Å². The van der Waals surface area contributed by atoms with Crippen LogP contribution >= 0.6 is 11.8 Å². The summed E-state index contributed by atoms with van der Waals surface area (Å²) in [4.78, 5) is -0.124. The van der Waals surface area contributed by atoms with E-state index in [-0.39, 0.29) is 10.1 Å². The van der Waals surface area contributed by atoms with Crippen molar-refractivity contribution in [2.24, 2.45) is 5.73 Å². The molecule has 1 aromatic carbocycles. The fraction of sp³-hybridized carbons (Fsp3) is 0.125. The van der Waals surface area contributed by atoms with Gasteiger partial charge in [-0.2, -0.15) is 8.42 Å². The molecule has 0 atom stereocenters. The minimum atomic E-state index is -4.11. The molecule has 0 unspecified atom stereocenters. The predicted molar refractivity (Wildman–Crippen MR) is 58.7 cm³/mol. The number of rotatable bonds is 3. The summed E-state index contributed by atoms with van der Waals surface area (Å²) in [6.07, 6.45) is 0. The number of thioether (sulfide) groups is 1. The summed E-state index contributed by atoms with van der Waals surface area (Å²) in [5.41, 5.74) is 6.14. The van der Waals surface area contributed by atoms with Crippen LogP contribution in [0.1, 0.15) is 5.56 Å². The van der Waals surface area contributed by atoms with E-state index in [0.29, 0.717) is 5.75 Å². The molecule has 0 saturated carbocycles. The second-order valence-electron chi connectivity index (χ2n) is 2.81. The standard InChI is InChI=1S/C8H10N2O3S2/c9-8(10)14-5-6-1-3-7(4-2-6)15(11,12)13/h1-4H,5H2,(H3,9,10)(H,11,12,13)/p+1. The summed E-state index contributed by atoms with van der Waals surface area (Å²) in [7, 11) is -4.11. The van der Waals surface area contributed by atoms with Gasteiger partial charge in [-0.3, -0.25) is 15.7 Å². The van der Waals surface area contributed by atoms with E-state index in [1.165, 1.54) is 23.9 Å². The molecular weight excluding hydrogens is 236 g/mol. The summed E-state index contributed by atoms with van der Waals surface area (Å²) in [5, 5.41) is 5.52. The van der Waals surface area contributed by atoms with Gasteiger partial charge in [0.2, 0.25) is 0 Å². The zero-order chi connectivity index (χ0) is 11.5. The largest absolute Gasteiger partial charge is 0.300 e. The highest BCUT2D eigenvalue weighted by molar-refractivity contribution is 8.12. The molecule has 0 saturated heterocycles. The van der Waals surface area contributed by atoms with Gasteiger partial charge in [0.25, 0.3) is 15.3 Å². The monoisotopic (exact) mass is 247 g/mol. The van der Waals surface area contributed by atoms with Crippen LogP contribution in [0.25, 0.3) is 0 Å². The molecule has 15 heavy (non-hydrogen) atoms. The van der Waals surface area contributed by atoms with Gasteiger partial charge in [0.1, 0.15) is 0 Å². The lowest BCUT2D eigenvalue weighted by molar-refractivity contribution is -0.110. The Morgan fingerprint density at radius 3 is 2.33 bits per heavy atom. The summed E-state index contributed by atoms with van der Waals surface area (Å²) < 4.78 is 30.2. The quantitative estimate of drug-likeness (QED) is 0.370. The topological polar surface area (TPSA) is 106 Å². The van der Waals surface area contributed by atoms with Crippen molar-refractivity contribution in [3.63, 3.8) is 0 Å². The van der Waals surface area contributed by atoms with Gasteiger partial charge in [0.15, 0.2) is 0 Å². The van der Waals surface area contributed by atoms with Gasteiger partial charge in [0.05, 0.1) is 4.90 Å². The van der Waals surface area contributed by atoms with Crippen LogP contribution < -0.4 is 11.1 Å². The van der Waals surface area contributed by atoms with Crippen molar-refractivity contribution in [2.75, 3.05) is 0 Å². The minimum absolute atomic E-state index is 0.124. The predicted octanol–water partition coefficient (Wildman–Crippen LogP) is -0.760. The lowest BCUT2D eigenvalue weighted by Gasteiger charge is -1.99. The van der Waals surface area contributed by atoms with E-state index in [9.17, 15) is 8.42 Å². The molecule has 0 fully saturated rings. The van der Waals surface area contributed by atoms with Gasteiger partial charge in [-0.25, -0.2) is 0 Å². The Labute approximate surface area is 91.9 Å². The number of nitrogens with two attached hydrogens (primary N) is 2. The Bertz CT molecular complexity index is 453. The maximum absolute atomic E-state index is 10.7. The van der Waals surface area contributed by atoms with Gasteiger partial charge in [0, 0.05) is 5.75 Å². The van der Waals surface area contributed by atoms with Gasteiger partial charge in [-0.15, -0.1) is 0 Å². The smallest absolute Gasteiger partial charge is 0.282 e. The Morgan fingerprint density at radius 1 is 1.40 bits per heavy atom. The molecule has 0 spiro atoms. The van der Waals surface area contributed by atoms with E-state index in [1.807, 2.05) is 0 Å². The third-order valence-corrected chi connectivity index (χ3v) is 3.31. The van der Waals surface area contributed by atoms with Crippen molar-refractivity contribution in [1.82, 2.24) is 0 Å². The van der Waals surface area contributed by atoms with Gasteiger partial charge in [-0.1, -0.05) is 12.1 Å². The number of hydrogen-bond donors (Lipinski definition) is 3. The van der Waals surface area contributed by atoms with Crippen LogP contribution in [0.4, 0.5) is 0 Å². The summed E-state index contributed by atoms with van der Waals surface area (Å²) in [6.45, 7) is 0. The molecule has 1 rings (SSSR count). The fourth-order valence-electron chi connectivity index (χ4n) is 0.924. The van der Waals surface area contributed by atoms with Crippen LogP contribution in [0.2, 0.25) is 0 Å². The van der Waals surface area contributed by atoms with Crippen molar-refractivity contribution in [2.45, 2.75) is 10.6 Å². The maximum atomic E-state index is 10.7. The maximum Gasteiger partial charge on any atom is 0.300 e. The van der Waals surface area contributed by atoms with Crippen LogP contribution in [-0.2, 0) is 15.9 Å². The molecule has 5 N–H and O–H groups in total. The highest BCUT2D eigenvalue weighted by Crippen LogP contribution is 2.14. The fourth-order valence-corrected chi connectivity index (χ4v) is 1.93. The first-order valence-corrected chi connectivity index (χ1v) is 6.39. The van der Waals surface area contributed by atoms with Gasteiger partial charge >= 0.3 is 0 Å². The van der Waals surface area contributed by atoms with Crippen LogP contribution in [0, 0.1) is 0 Å². The zero-order valence-electron chi connectivity index (χ0n) is 7.75. The first kappa shape index (κ1) is 12.0. The van der Waals surface area contributed by atoms with E-state index in [0.717, 1.165) is 5.56 Å². The lowest BCUT2D eigenvalue weighted by atomic mass is 10.2. The molecule has 0 bridgehead atoms. The highest BCUT2D eigenvalue weighted by atomic mass is 32.2. The third-order valence-electron chi connectivity index (χ3n) is 1.63. The van der Waals surface area contributed by atoms with E-state index >= 15 is 0 Å². The van der Waals surface area contributed by atoms with Crippen molar-refractivity contribution in [1.29, 1.82) is 0 Å². The van der Waals surface area contributed by atoms with E-state index in [4.69, 9.17) is 15.7 Å². The molecule has 0 radical (unpaired) electrons. The molecule has 0 aliphatic carbocycles. The molecule has 0 aromatic heterocycles. The normalized spacial score (nSPS) is 11.3. The second kappa shape index (κ2) is 4.65. The average molecular weight is 247 g/mol. The van der Waals surface area contributed by atoms with E-state index < -0.39 is 10.1 Å². The van der Waals surface area contributed by atoms with Crippen LogP contribution in [0.3, 0.4) is 0 Å². The van der Waals surface area contributed by atoms with Crippen LogP contribution in [-0.4, -0.2) is 18.1 Å². The first-order valence-electron chi connectivity index (χ1n) is 3.97. The van der Waals surface area contributed by atoms with Crippen molar-refractivity contribution in [3.8, 4) is 0 Å². The molecule has 7 heteroatoms. The Balaban J connectivity index is 2.77. The average Bonchev–Trinajstić information content (AvgIpc) is 2.14. The number of hydrogen-bond acceptors (Lipinski definition) is 3. The molecule has 0 aliphatic rings. The van der Waals surface area contributed by atoms with Gasteiger partial charge < -0.3 is 0 Å². The zero-order valence-corrected chi connectivity index (χ0v) is 9.38. The van der Waals surface area contributed by atoms with Crippen molar-refractivity contribution >= 4 is 27.0 Å². The van der Waals surface area contributed by atoms with E-state index in [2.05, 4.69) is 0 Å². The molecule has 5 nitrogen and oxygen atoms in total. The Hall–Kier alpha value is -1.05. The molecule has 0 heterocycles. The summed E-state index contributed by atoms with van der Waals surface area (Å²) in [6, 6.07) is 5.86. The Morgan fingerprint density at radius 2 is 1.93 bits per heavy atom. The summed E-state index contributed by atoms with van der Waals surface area (Å²) in [5.74, 6) is 0.564. The lowest BCUT2D eigenvalue weighted by Crippen LogP contribution is -2.43. The molecule has 1 aromatic rings. The third kappa shape index (κ3) is 3.90.